The Morgan fingerprint density at radius 1 is 1.18 bits per heavy atom. The summed E-state index contributed by atoms with van der Waals surface area (Å²) in [6.07, 6.45) is 5.50. The molecule has 2 aliphatic heterocycles. The lowest BCUT2D eigenvalue weighted by Gasteiger charge is -2.16. The number of nitrogens with one attached hydrogen (secondary N) is 1. The van der Waals surface area contributed by atoms with Crippen LogP contribution >= 0.6 is 11.6 Å². The number of ether oxygens (including phenoxy) is 2. The zero-order chi connectivity index (χ0) is 19.1. The molecular weight excluding hydrogens is 382 g/mol. The van der Waals surface area contributed by atoms with Crippen LogP contribution in [-0.2, 0) is 11.3 Å². The number of aromatic nitrogens is 6. The lowest BCUT2D eigenvalue weighted by molar-refractivity contribution is 0.141. The van der Waals surface area contributed by atoms with Gasteiger partial charge in [-0.15, -0.1) is 5.10 Å². The van der Waals surface area contributed by atoms with Crippen LogP contribution < -0.4 is 10.1 Å². The smallest absolute Gasteiger partial charge is 0.257 e. The number of rotatable bonds is 1. The Labute approximate surface area is 167 Å². The van der Waals surface area contributed by atoms with Crippen LogP contribution in [0.25, 0.3) is 11.0 Å². The second kappa shape index (κ2) is 7.21. The van der Waals surface area contributed by atoms with Crippen LogP contribution in [0.4, 0.5) is 11.6 Å². The third kappa shape index (κ3) is 3.08. The molecule has 0 aromatic carbocycles. The molecule has 2 bridgehead atoms. The van der Waals surface area contributed by atoms with Gasteiger partial charge in [0.25, 0.3) is 5.88 Å². The minimum absolute atomic E-state index is 0.303. The lowest BCUT2D eigenvalue weighted by atomic mass is 10.1. The van der Waals surface area contributed by atoms with Gasteiger partial charge in [-0.25, -0.2) is 9.67 Å². The number of nitrogens with zero attached hydrogens (tertiary/aromatic N) is 6. The van der Waals surface area contributed by atoms with Crippen molar-refractivity contribution in [3.8, 4) is 5.88 Å². The summed E-state index contributed by atoms with van der Waals surface area (Å²) in [5.74, 6) is 1.06. The molecule has 9 nitrogen and oxygen atoms in total. The van der Waals surface area contributed by atoms with Gasteiger partial charge in [0.2, 0.25) is 5.95 Å². The maximum atomic E-state index is 6.22. The quantitative estimate of drug-likeness (QED) is 0.666. The molecule has 5 heterocycles. The summed E-state index contributed by atoms with van der Waals surface area (Å²) >= 11 is 6.22. The summed E-state index contributed by atoms with van der Waals surface area (Å²) in [7, 11) is 0. The number of halogens is 1. The van der Waals surface area contributed by atoms with Gasteiger partial charge < -0.3 is 14.8 Å². The fourth-order valence-electron chi connectivity index (χ4n) is 3.86. The van der Waals surface area contributed by atoms with Crippen molar-refractivity contribution < 1.29 is 9.47 Å². The number of hydrogen-bond donors (Lipinski definition) is 1. The highest BCUT2D eigenvalue weighted by atomic mass is 35.5. The molecule has 0 radical (unpaired) electrons. The molecule has 0 amide bonds. The van der Waals surface area contributed by atoms with E-state index in [1.165, 1.54) is 0 Å². The van der Waals surface area contributed by atoms with Crippen LogP contribution in [-0.4, -0.2) is 49.3 Å². The van der Waals surface area contributed by atoms with E-state index in [-0.39, 0.29) is 0 Å². The number of hydrogen-bond acceptors (Lipinski definition) is 7. The van der Waals surface area contributed by atoms with Crippen molar-refractivity contribution in [2.45, 2.75) is 45.2 Å². The Bertz CT molecular complexity index is 1010. The largest absolute Gasteiger partial charge is 0.475 e. The summed E-state index contributed by atoms with van der Waals surface area (Å²) < 4.78 is 15.5. The molecule has 1 N–H and O–H groups in total. The van der Waals surface area contributed by atoms with Crippen LogP contribution in [0.5, 0.6) is 5.88 Å². The molecule has 148 valence electrons. The summed E-state index contributed by atoms with van der Waals surface area (Å²) in [4.78, 5) is 9.05. The number of anilines is 2. The molecule has 3 aromatic rings. The molecule has 10 heteroatoms. The van der Waals surface area contributed by atoms with Crippen LogP contribution in [0.15, 0.2) is 6.20 Å². The highest BCUT2D eigenvalue weighted by molar-refractivity contribution is 6.34. The molecule has 28 heavy (non-hydrogen) atoms. The Morgan fingerprint density at radius 3 is 3.04 bits per heavy atom. The molecular formula is C18H22ClN7O2. The van der Waals surface area contributed by atoms with Gasteiger partial charge in [-0.1, -0.05) is 11.6 Å². The molecule has 0 spiro atoms. The Hall–Kier alpha value is -2.39. The fraction of sp³-hybridized carbons (Fsp3) is 0.556. The van der Waals surface area contributed by atoms with E-state index >= 15 is 0 Å². The van der Waals surface area contributed by atoms with Crippen LogP contribution in [0.1, 0.15) is 37.4 Å². The van der Waals surface area contributed by atoms with Crippen molar-refractivity contribution in [3.63, 3.8) is 0 Å². The van der Waals surface area contributed by atoms with E-state index in [1.807, 2.05) is 6.92 Å². The minimum Gasteiger partial charge on any atom is -0.475 e. The Morgan fingerprint density at radius 2 is 2.11 bits per heavy atom. The first-order chi connectivity index (χ1) is 13.7. The van der Waals surface area contributed by atoms with Gasteiger partial charge in [0.15, 0.2) is 10.8 Å². The molecule has 0 saturated carbocycles. The zero-order valence-electron chi connectivity index (χ0n) is 15.7. The van der Waals surface area contributed by atoms with Gasteiger partial charge in [0, 0.05) is 32.4 Å². The van der Waals surface area contributed by atoms with Gasteiger partial charge in [-0.3, -0.25) is 4.68 Å². The molecule has 5 rings (SSSR count). The topological polar surface area (TPSA) is 91.9 Å². The summed E-state index contributed by atoms with van der Waals surface area (Å²) in [5, 5.41) is 13.6. The predicted molar refractivity (Wildman–Crippen MR) is 104 cm³/mol. The van der Waals surface area contributed by atoms with Crippen molar-refractivity contribution in [3.05, 3.63) is 17.0 Å². The van der Waals surface area contributed by atoms with Gasteiger partial charge >= 0.3 is 0 Å². The average molecular weight is 404 g/mol. The molecule has 0 aliphatic carbocycles. The van der Waals surface area contributed by atoms with E-state index in [2.05, 4.69) is 25.1 Å². The van der Waals surface area contributed by atoms with Crippen LogP contribution in [0.2, 0.25) is 5.15 Å². The summed E-state index contributed by atoms with van der Waals surface area (Å²) in [6.45, 7) is 4.81. The van der Waals surface area contributed by atoms with Crippen LogP contribution in [0, 0.1) is 6.92 Å². The molecule has 0 unspecified atom stereocenters. The maximum absolute atomic E-state index is 6.22. The molecule has 1 fully saturated rings. The molecule has 1 atom stereocenters. The van der Waals surface area contributed by atoms with E-state index in [9.17, 15) is 0 Å². The maximum Gasteiger partial charge on any atom is 0.257 e. The average Bonchev–Trinajstić information content (AvgIpc) is 3.01. The third-order valence-electron chi connectivity index (χ3n) is 5.32. The van der Waals surface area contributed by atoms with E-state index in [0.717, 1.165) is 61.3 Å². The predicted octanol–water partition coefficient (Wildman–Crippen LogP) is 3.25. The van der Waals surface area contributed by atoms with Gasteiger partial charge in [-0.2, -0.15) is 10.1 Å². The van der Waals surface area contributed by atoms with E-state index in [4.69, 9.17) is 26.2 Å². The van der Waals surface area contributed by atoms with E-state index in [1.54, 1.807) is 10.9 Å². The highest BCUT2D eigenvalue weighted by Gasteiger charge is 2.24. The summed E-state index contributed by atoms with van der Waals surface area (Å²) in [5.41, 5.74) is 2.54. The van der Waals surface area contributed by atoms with Gasteiger partial charge in [0.05, 0.1) is 23.7 Å². The highest BCUT2D eigenvalue weighted by Crippen LogP contribution is 2.35. The Balaban J connectivity index is 1.56. The lowest BCUT2D eigenvalue weighted by Crippen LogP contribution is -2.13. The molecule has 1 saturated heterocycles. The zero-order valence-corrected chi connectivity index (χ0v) is 16.4. The van der Waals surface area contributed by atoms with Crippen molar-refractivity contribution in [1.82, 2.24) is 29.5 Å². The van der Waals surface area contributed by atoms with Gasteiger partial charge in [0.1, 0.15) is 5.69 Å². The second-order valence-electron chi connectivity index (χ2n) is 7.18. The molecule has 2 aliphatic rings. The van der Waals surface area contributed by atoms with E-state index in [0.29, 0.717) is 36.2 Å². The third-order valence-corrected chi connectivity index (χ3v) is 5.60. The second-order valence-corrected chi connectivity index (χ2v) is 7.54. The minimum atomic E-state index is 0.303. The first kappa shape index (κ1) is 17.7. The van der Waals surface area contributed by atoms with Crippen LogP contribution in [0.3, 0.4) is 0 Å². The van der Waals surface area contributed by atoms with Crippen molar-refractivity contribution in [2.75, 3.05) is 25.1 Å². The van der Waals surface area contributed by atoms with Crippen molar-refractivity contribution >= 4 is 34.3 Å². The van der Waals surface area contributed by atoms with Crippen molar-refractivity contribution in [2.24, 2.45) is 0 Å². The monoisotopic (exact) mass is 403 g/mol. The first-order valence-electron chi connectivity index (χ1n) is 9.66. The molecule has 3 aromatic heterocycles. The van der Waals surface area contributed by atoms with E-state index < -0.39 is 0 Å². The van der Waals surface area contributed by atoms with Gasteiger partial charge in [-0.05, 0) is 26.2 Å². The SMILES string of the molecule is Cc1c2c(nn1[C@H]1CCCOCC1)OCCCn1nc(Cl)c3cnc(nc31)N2. The fourth-order valence-corrected chi connectivity index (χ4v) is 4.08. The van der Waals surface area contributed by atoms with Crippen molar-refractivity contribution in [1.29, 1.82) is 0 Å². The number of aryl methyl sites for hydroxylation is 1. The standard InChI is InChI=1S/C18H22ClN7O2/c1-11-14-17(24-26(11)12-4-2-7-27-9-5-12)28-8-3-6-25-16-13(15(19)23-25)10-20-18(21-14)22-16/h10,12H,2-9H2,1H3,(H,20,21,22)/t12-/m0/s1. The summed E-state index contributed by atoms with van der Waals surface area (Å²) in [6, 6.07) is 0.303. The normalized spacial score (nSPS) is 20.1. The Kier molecular flexibility index (Phi) is 4.56. The first-order valence-corrected chi connectivity index (χ1v) is 10.0. The number of fused-ring (bicyclic) bond motifs is 2.